The second-order valence-electron chi connectivity index (χ2n) is 6.79. The van der Waals surface area contributed by atoms with Gasteiger partial charge >= 0.3 is 0 Å². The summed E-state index contributed by atoms with van der Waals surface area (Å²) < 4.78 is 5.18. The summed E-state index contributed by atoms with van der Waals surface area (Å²) in [4.78, 5) is 9.35. The van der Waals surface area contributed by atoms with Crippen LogP contribution < -0.4 is 15.4 Å². The summed E-state index contributed by atoms with van der Waals surface area (Å²) in [6.07, 6.45) is 0. The second kappa shape index (κ2) is 8.85. The first-order valence-corrected chi connectivity index (χ1v) is 9.40. The number of ether oxygens (including phenoxy) is 1. The van der Waals surface area contributed by atoms with Gasteiger partial charge in [0.1, 0.15) is 5.75 Å². The van der Waals surface area contributed by atoms with Crippen molar-refractivity contribution in [1.29, 1.82) is 0 Å². The number of hydrogen-bond acceptors (Lipinski definition) is 4. The lowest BCUT2D eigenvalue weighted by Gasteiger charge is -2.14. The number of thiazole rings is 1. The van der Waals surface area contributed by atoms with Crippen molar-refractivity contribution in [2.24, 2.45) is 4.99 Å². The number of methoxy groups -OCH3 is 1. The molecule has 0 radical (unpaired) electrons. The van der Waals surface area contributed by atoms with Gasteiger partial charge in [-0.1, -0.05) is 32.9 Å². The van der Waals surface area contributed by atoms with E-state index in [2.05, 4.69) is 48.7 Å². The summed E-state index contributed by atoms with van der Waals surface area (Å²) in [5.41, 5.74) is 2.28. The van der Waals surface area contributed by atoms with Gasteiger partial charge < -0.3 is 15.4 Å². The van der Waals surface area contributed by atoms with E-state index in [4.69, 9.17) is 9.72 Å². The molecule has 0 spiro atoms. The number of nitrogens with zero attached hydrogens (tertiary/aromatic N) is 2. The Labute approximate surface area is 154 Å². The van der Waals surface area contributed by atoms with E-state index in [1.165, 1.54) is 0 Å². The molecule has 0 amide bonds. The monoisotopic (exact) mass is 360 g/mol. The van der Waals surface area contributed by atoms with Gasteiger partial charge in [-0.2, -0.15) is 0 Å². The van der Waals surface area contributed by atoms with Gasteiger partial charge in [0.2, 0.25) is 0 Å². The van der Waals surface area contributed by atoms with Crippen LogP contribution >= 0.6 is 11.3 Å². The molecule has 25 heavy (non-hydrogen) atoms. The molecule has 0 aliphatic carbocycles. The Hall–Kier alpha value is -2.08. The van der Waals surface area contributed by atoms with Crippen molar-refractivity contribution in [2.75, 3.05) is 13.7 Å². The fraction of sp³-hybridized carbons (Fsp3) is 0.474. The summed E-state index contributed by atoms with van der Waals surface area (Å²) in [6, 6.07) is 7.97. The first kappa shape index (κ1) is 19.2. The van der Waals surface area contributed by atoms with Crippen molar-refractivity contribution >= 4 is 17.3 Å². The van der Waals surface area contributed by atoms with Crippen LogP contribution in [0.5, 0.6) is 5.75 Å². The average molecular weight is 361 g/mol. The number of benzene rings is 1. The van der Waals surface area contributed by atoms with Crippen LogP contribution in [0.4, 0.5) is 0 Å². The van der Waals surface area contributed by atoms with Crippen molar-refractivity contribution in [3.8, 4) is 5.75 Å². The normalized spacial score (nSPS) is 12.1. The predicted octanol–water partition coefficient (Wildman–Crippen LogP) is 3.70. The molecule has 2 aromatic rings. The lowest BCUT2D eigenvalue weighted by atomic mass is 9.98. The van der Waals surface area contributed by atoms with Gasteiger partial charge in [0.25, 0.3) is 0 Å². The molecule has 1 aromatic heterocycles. The molecule has 2 N–H and O–H groups in total. The second-order valence-corrected chi connectivity index (χ2v) is 7.65. The highest BCUT2D eigenvalue weighted by atomic mass is 32.1. The maximum absolute atomic E-state index is 5.18. The van der Waals surface area contributed by atoms with E-state index in [0.29, 0.717) is 13.1 Å². The minimum absolute atomic E-state index is 0.0931. The van der Waals surface area contributed by atoms with Gasteiger partial charge in [-0.15, -0.1) is 11.3 Å². The third-order valence-electron chi connectivity index (χ3n) is 3.55. The molecule has 2 rings (SSSR count). The highest BCUT2D eigenvalue weighted by Crippen LogP contribution is 2.25. The summed E-state index contributed by atoms with van der Waals surface area (Å²) >= 11 is 1.71. The molecule has 0 aliphatic heterocycles. The number of guanidine groups is 1. The Bertz CT molecular complexity index is 686. The zero-order chi connectivity index (χ0) is 18.3. The maximum atomic E-state index is 5.18. The molecule has 0 saturated heterocycles. The molecule has 0 bridgehead atoms. The minimum Gasteiger partial charge on any atom is -0.497 e. The topological polar surface area (TPSA) is 58.5 Å². The van der Waals surface area contributed by atoms with Crippen LogP contribution in [0.1, 0.15) is 44.0 Å². The van der Waals surface area contributed by atoms with E-state index in [0.717, 1.165) is 34.5 Å². The van der Waals surface area contributed by atoms with Crippen LogP contribution in [0.15, 0.2) is 34.6 Å². The molecule has 0 saturated carbocycles. The van der Waals surface area contributed by atoms with E-state index in [1.54, 1.807) is 18.4 Å². The number of rotatable bonds is 6. The fourth-order valence-corrected chi connectivity index (χ4v) is 3.06. The first-order chi connectivity index (χ1) is 11.9. The molecule has 6 heteroatoms. The largest absolute Gasteiger partial charge is 0.497 e. The molecule has 1 heterocycles. The zero-order valence-corrected chi connectivity index (χ0v) is 16.5. The average Bonchev–Trinajstić information content (AvgIpc) is 3.07. The van der Waals surface area contributed by atoms with E-state index in [1.807, 2.05) is 24.3 Å². The predicted molar refractivity (Wildman–Crippen MR) is 105 cm³/mol. The highest BCUT2D eigenvalue weighted by Gasteiger charge is 2.17. The molecule has 0 aliphatic rings. The lowest BCUT2D eigenvalue weighted by Crippen LogP contribution is -2.36. The first-order valence-electron chi connectivity index (χ1n) is 8.52. The van der Waals surface area contributed by atoms with Crippen molar-refractivity contribution in [3.63, 3.8) is 0 Å². The molecule has 0 fully saturated rings. The van der Waals surface area contributed by atoms with Gasteiger partial charge in [0, 0.05) is 17.3 Å². The Morgan fingerprint density at radius 3 is 2.48 bits per heavy atom. The fourth-order valence-electron chi connectivity index (χ4n) is 2.15. The molecular formula is C19H28N4OS. The third-order valence-corrected chi connectivity index (χ3v) is 4.87. The molecular weight excluding hydrogens is 332 g/mol. The Balaban J connectivity index is 1.96. The van der Waals surface area contributed by atoms with Crippen LogP contribution in [0.25, 0.3) is 0 Å². The van der Waals surface area contributed by atoms with E-state index in [-0.39, 0.29) is 5.41 Å². The van der Waals surface area contributed by atoms with E-state index >= 15 is 0 Å². The van der Waals surface area contributed by atoms with Crippen LogP contribution in [0.2, 0.25) is 0 Å². The van der Waals surface area contributed by atoms with Gasteiger partial charge in [-0.05, 0) is 24.6 Å². The van der Waals surface area contributed by atoms with Crippen molar-refractivity contribution in [3.05, 3.63) is 45.9 Å². The Kier molecular flexibility index (Phi) is 6.82. The van der Waals surface area contributed by atoms with Crippen LogP contribution in [0, 0.1) is 0 Å². The van der Waals surface area contributed by atoms with E-state index in [9.17, 15) is 0 Å². The van der Waals surface area contributed by atoms with Crippen LogP contribution in [0.3, 0.4) is 0 Å². The molecule has 1 aromatic carbocycles. The number of hydrogen-bond donors (Lipinski definition) is 2. The minimum atomic E-state index is 0.0931. The quantitative estimate of drug-likeness (QED) is 0.609. The molecule has 136 valence electrons. The van der Waals surface area contributed by atoms with E-state index < -0.39 is 0 Å². The van der Waals surface area contributed by atoms with Crippen LogP contribution in [-0.4, -0.2) is 24.6 Å². The molecule has 0 unspecified atom stereocenters. The van der Waals surface area contributed by atoms with Crippen molar-refractivity contribution in [2.45, 2.75) is 46.2 Å². The van der Waals surface area contributed by atoms with Crippen molar-refractivity contribution in [1.82, 2.24) is 15.6 Å². The van der Waals surface area contributed by atoms with Gasteiger partial charge in [-0.25, -0.2) is 9.98 Å². The van der Waals surface area contributed by atoms with Gasteiger partial charge in [0.15, 0.2) is 5.96 Å². The van der Waals surface area contributed by atoms with Gasteiger partial charge in [-0.3, -0.25) is 0 Å². The molecule has 0 atom stereocenters. The SMILES string of the molecule is CCNC(=NCc1ccc(OC)cc1)NCc1csc(C(C)(C)C)n1. The number of aliphatic imine (C=N–C) groups is 1. The highest BCUT2D eigenvalue weighted by molar-refractivity contribution is 7.09. The summed E-state index contributed by atoms with van der Waals surface area (Å²) in [5, 5.41) is 9.89. The Morgan fingerprint density at radius 2 is 1.92 bits per heavy atom. The summed E-state index contributed by atoms with van der Waals surface area (Å²) in [5.74, 6) is 1.65. The number of nitrogens with one attached hydrogen (secondary N) is 2. The van der Waals surface area contributed by atoms with Crippen molar-refractivity contribution < 1.29 is 4.74 Å². The summed E-state index contributed by atoms with van der Waals surface area (Å²) in [7, 11) is 1.67. The third kappa shape index (κ3) is 6.05. The van der Waals surface area contributed by atoms with Gasteiger partial charge in [0.05, 0.1) is 30.9 Å². The Morgan fingerprint density at radius 1 is 1.20 bits per heavy atom. The summed E-state index contributed by atoms with van der Waals surface area (Å²) in [6.45, 7) is 10.7. The lowest BCUT2D eigenvalue weighted by molar-refractivity contribution is 0.414. The maximum Gasteiger partial charge on any atom is 0.191 e. The van der Waals surface area contributed by atoms with Crippen LogP contribution in [-0.2, 0) is 18.5 Å². The standard InChI is InChI=1S/C19H28N4OS/c1-6-20-18(21-11-14-7-9-16(24-5)10-8-14)22-12-15-13-25-17(23-15)19(2,3)4/h7-10,13H,6,11-12H2,1-5H3,(H2,20,21,22). The number of aromatic nitrogens is 1. The molecule has 5 nitrogen and oxygen atoms in total. The smallest absolute Gasteiger partial charge is 0.191 e. The zero-order valence-electron chi connectivity index (χ0n) is 15.7.